The Bertz CT molecular complexity index is 1240. The Kier molecular flexibility index (Phi) is 3.22. The van der Waals surface area contributed by atoms with Crippen LogP contribution in [0.1, 0.15) is 44.5 Å². The second kappa shape index (κ2) is 5.61. The zero-order valence-electron chi connectivity index (χ0n) is 15.5. The van der Waals surface area contributed by atoms with Crippen LogP contribution in [0.25, 0.3) is 22.3 Å². The maximum absolute atomic E-state index is 12.6. The van der Waals surface area contributed by atoms with E-state index in [9.17, 15) is 20.1 Å². The number of benzene rings is 3. The minimum Gasteiger partial charge on any atom is -0.508 e. The molecule has 3 N–H and O–H groups in total. The van der Waals surface area contributed by atoms with Gasteiger partial charge in [-0.15, -0.1) is 0 Å². The van der Waals surface area contributed by atoms with Gasteiger partial charge in [0.25, 0.3) is 0 Å². The molecule has 3 aromatic rings. The van der Waals surface area contributed by atoms with Crippen LogP contribution in [-0.2, 0) is 30.4 Å². The highest BCUT2D eigenvalue weighted by molar-refractivity contribution is 6.04. The van der Waals surface area contributed by atoms with E-state index in [1.165, 1.54) is 0 Å². The molecule has 0 saturated carbocycles. The van der Waals surface area contributed by atoms with Gasteiger partial charge in [-0.05, 0) is 94.5 Å². The maximum Gasteiger partial charge on any atom is 0.341 e. The van der Waals surface area contributed by atoms with Crippen LogP contribution in [0.2, 0.25) is 0 Å². The van der Waals surface area contributed by atoms with E-state index in [-0.39, 0.29) is 11.5 Å². The molecular formula is C24H18O5. The van der Waals surface area contributed by atoms with Crippen molar-refractivity contribution < 1.29 is 24.9 Å². The van der Waals surface area contributed by atoms with Crippen LogP contribution in [0.4, 0.5) is 0 Å². The summed E-state index contributed by atoms with van der Waals surface area (Å²) in [7, 11) is 0. The molecule has 0 spiro atoms. The second-order valence-electron chi connectivity index (χ2n) is 7.94. The summed E-state index contributed by atoms with van der Waals surface area (Å²) in [5.41, 5.74) is 9.03. The van der Waals surface area contributed by atoms with Crippen LogP contribution in [0, 0.1) is 0 Å². The summed E-state index contributed by atoms with van der Waals surface area (Å²) in [6, 6.07) is 10.7. The number of phenols is 2. The van der Waals surface area contributed by atoms with Gasteiger partial charge in [-0.25, -0.2) is 4.79 Å². The van der Waals surface area contributed by atoms with Gasteiger partial charge in [-0.3, -0.25) is 0 Å². The smallest absolute Gasteiger partial charge is 0.341 e. The maximum atomic E-state index is 12.6. The van der Waals surface area contributed by atoms with Crippen LogP contribution in [0.3, 0.4) is 0 Å². The fraction of sp³-hybridized carbons (Fsp3) is 0.208. The van der Waals surface area contributed by atoms with Crippen LogP contribution >= 0.6 is 0 Å². The van der Waals surface area contributed by atoms with Crippen LogP contribution < -0.4 is 0 Å². The standard InChI is InChI=1S/C24H18O5/c25-13-3-7-15-11(9-13)1-5-17-19(15)20-16-8-4-14(26)10-12(16)2-6-18(20)22-21(17)23(27)29-24(22)28/h3-4,7-10,23,25-27H,1-2,5-6H2. The lowest BCUT2D eigenvalue weighted by Gasteiger charge is -2.31. The van der Waals surface area contributed by atoms with E-state index in [1.54, 1.807) is 24.3 Å². The summed E-state index contributed by atoms with van der Waals surface area (Å²) in [6.45, 7) is 0. The highest BCUT2D eigenvalue weighted by atomic mass is 16.6. The Labute approximate surface area is 166 Å². The minimum atomic E-state index is -1.24. The Balaban J connectivity index is 1.78. The van der Waals surface area contributed by atoms with Crippen molar-refractivity contribution >= 4 is 5.97 Å². The number of carbonyl (C=O) groups is 1. The van der Waals surface area contributed by atoms with Crippen LogP contribution in [-0.4, -0.2) is 21.3 Å². The molecule has 3 aliphatic rings. The number of aliphatic hydroxyl groups excluding tert-OH is 1. The van der Waals surface area contributed by atoms with E-state index in [2.05, 4.69) is 0 Å². The van der Waals surface area contributed by atoms with Gasteiger partial charge in [-0.1, -0.05) is 12.1 Å². The number of ether oxygens (including phenoxy) is 1. The lowest BCUT2D eigenvalue weighted by atomic mass is 9.72. The molecule has 5 nitrogen and oxygen atoms in total. The molecule has 0 aromatic heterocycles. The predicted molar refractivity (Wildman–Crippen MR) is 106 cm³/mol. The van der Waals surface area contributed by atoms with Crippen molar-refractivity contribution in [3.8, 4) is 33.8 Å². The van der Waals surface area contributed by atoms with Gasteiger partial charge >= 0.3 is 5.97 Å². The normalized spacial score (nSPS) is 18.2. The first-order chi connectivity index (χ1) is 14.0. The summed E-state index contributed by atoms with van der Waals surface area (Å²) in [5.74, 6) is -0.0150. The summed E-state index contributed by atoms with van der Waals surface area (Å²) >= 11 is 0. The molecular weight excluding hydrogens is 368 g/mol. The molecule has 144 valence electrons. The predicted octanol–water partition coefficient (Wildman–Crippen LogP) is 3.79. The van der Waals surface area contributed by atoms with Gasteiger partial charge in [0.2, 0.25) is 6.29 Å². The van der Waals surface area contributed by atoms with Gasteiger partial charge in [0.15, 0.2) is 0 Å². The number of aliphatic hydroxyl groups is 1. The van der Waals surface area contributed by atoms with E-state index in [1.807, 2.05) is 12.1 Å². The number of fused-ring (bicyclic) bond motifs is 10. The number of hydrogen-bond donors (Lipinski definition) is 3. The van der Waals surface area contributed by atoms with E-state index in [4.69, 9.17) is 4.74 Å². The van der Waals surface area contributed by atoms with Gasteiger partial charge in [-0.2, -0.15) is 0 Å². The molecule has 0 amide bonds. The first-order valence-electron chi connectivity index (χ1n) is 9.78. The van der Waals surface area contributed by atoms with E-state index < -0.39 is 12.3 Å². The summed E-state index contributed by atoms with van der Waals surface area (Å²) in [4.78, 5) is 12.6. The zero-order chi connectivity index (χ0) is 19.9. The Morgan fingerprint density at radius 3 is 1.93 bits per heavy atom. The molecule has 3 aromatic carbocycles. The third kappa shape index (κ3) is 2.16. The molecule has 0 fully saturated rings. The fourth-order valence-corrected chi connectivity index (χ4v) is 5.28. The first-order valence-corrected chi connectivity index (χ1v) is 9.78. The fourth-order valence-electron chi connectivity index (χ4n) is 5.28. The zero-order valence-corrected chi connectivity index (χ0v) is 15.5. The van der Waals surface area contributed by atoms with Gasteiger partial charge in [0.1, 0.15) is 11.5 Å². The number of aryl methyl sites for hydroxylation is 2. The average Bonchev–Trinajstić information content (AvgIpc) is 3.01. The number of hydrogen-bond acceptors (Lipinski definition) is 5. The van der Waals surface area contributed by atoms with Crippen molar-refractivity contribution in [1.82, 2.24) is 0 Å². The topological polar surface area (TPSA) is 87.0 Å². The quantitative estimate of drug-likeness (QED) is 0.512. The van der Waals surface area contributed by atoms with Crippen molar-refractivity contribution in [2.45, 2.75) is 32.0 Å². The molecule has 29 heavy (non-hydrogen) atoms. The first kappa shape index (κ1) is 16.6. The van der Waals surface area contributed by atoms with Crippen LogP contribution in [0.15, 0.2) is 36.4 Å². The molecule has 0 saturated heterocycles. The molecule has 0 radical (unpaired) electrons. The highest BCUT2D eigenvalue weighted by Crippen LogP contribution is 2.52. The average molecular weight is 386 g/mol. The highest BCUT2D eigenvalue weighted by Gasteiger charge is 2.40. The molecule has 6 rings (SSSR count). The number of phenolic OH excluding ortho intramolecular Hbond substituents is 2. The monoisotopic (exact) mass is 386 g/mol. The lowest BCUT2D eigenvalue weighted by molar-refractivity contribution is -0.0551. The summed E-state index contributed by atoms with van der Waals surface area (Å²) in [5, 5.41) is 30.4. The van der Waals surface area contributed by atoms with Crippen molar-refractivity contribution in [1.29, 1.82) is 0 Å². The number of esters is 1. The SMILES string of the molecule is O=C1OC(O)c2c3c(c4c(c21)CCc1cc(O)ccc1-4)-c1ccc(O)cc1CC3. The third-order valence-corrected chi connectivity index (χ3v) is 6.42. The second-order valence-corrected chi connectivity index (χ2v) is 7.94. The van der Waals surface area contributed by atoms with Gasteiger partial charge in [0.05, 0.1) is 5.56 Å². The number of cyclic esters (lactones) is 1. The number of carbonyl (C=O) groups excluding carboxylic acids is 1. The van der Waals surface area contributed by atoms with Gasteiger partial charge < -0.3 is 20.1 Å². The molecule has 2 aliphatic carbocycles. The molecule has 1 heterocycles. The van der Waals surface area contributed by atoms with E-state index in [0.717, 1.165) is 44.5 Å². The van der Waals surface area contributed by atoms with Crippen molar-refractivity contribution in [3.63, 3.8) is 0 Å². The molecule has 1 unspecified atom stereocenters. The molecule has 5 heteroatoms. The Morgan fingerprint density at radius 2 is 1.31 bits per heavy atom. The minimum absolute atomic E-state index is 0.224. The Hall–Kier alpha value is -3.31. The Morgan fingerprint density at radius 1 is 0.759 bits per heavy atom. The summed E-state index contributed by atoms with van der Waals surface area (Å²) < 4.78 is 5.21. The lowest BCUT2D eigenvalue weighted by Crippen LogP contribution is -2.16. The van der Waals surface area contributed by atoms with Crippen molar-refractivity contribution in [2.24, 2.45) is 0 Å². The summed E-state index contributed by atoms with van der Waals surface area (Å²) in [6.07, 6.45) is 1.47. The number of aromatic hydroxyl groups is 2. The van der Waals surface area contributed by atoms with Crippen molar-refractivity contribution in [2.75, 3.05) is 0 Å². The van der Waals surface area contributed by atoms with Crippen LogP contribution in [0.5, 0.6) is 11.5 Å². The molecule has 1 aliphatic heterocycles. The van der Waals surface area contributed by atoms with Gasteiger partial charge in [0, 0.05) is 5.56 Å². The van der Waals surface area contributed by atoms with E-state index >= 15 is 0 Å². The largest absolute Gasteiger partial charge is 0.508 e. The van der Waals surface area contributed by atoms with E-state index in [0.29, 0.717) is 36.8 Å². The molecule has 0 bridgehead atoms. The molecule has 1 atom stereocenters. The number of rotatable bonds is 0. The van der Waals surface area contributed by atoms with Crippen molar-refractivity contribution in [3.05, 3.63) is 69.8 Å². The third-order valence-electron chi connectivity index (χ3n) is 6.42.